The normalized spacial score (nSPS) is 19.1. The number of imide groups is 1. The predicted molar refractivity (Wildman–Crippen MR) is 100.0 cm³/mol. The Hall–Kier alpha value is -2.74. The maximum absolute atomic E-state index is 13.6. The molecule has 8 heteroatoms. The number of carbonyl (C=O) groups is 3. The number of halogens is 2. The van der Waals surface area contributed by atoms with Crippen molar-refractivity contribution < 1.29 is 18.8 Å². The lowest BCUT2D eigenvalue weighted by Gasteiger charge is -2.23. The predicted octanol–water partition coefficient (Wildman–Crippen LogP) is 2.67. The van der Waals surface area contributed by atoms with Gasteiger partial charge in [-0.2, -0.15) is 0 Å². The summed E-state index contributed by atoms with van der Waals surface area (Å²) in [6, 6.07) is 12.4. The summed E-state index contributed by atoms with van der Waals surface area (Å²) in [4.78, 5) is 38.2. The van der Waals surface area contributed by atoms with E-state index >= 15 is 0 Å². The number of hydrogen-bond acceptors (Lipinski definition) is 3. The van der Waals surface area contributed by atoms with Gasteiger partial charge in [-0.25, -0.2) is 9.18 Å². The number of rotatable bonds is 5. The van der Waals surface area contributed by atoms with Crippen LogP contribution in [0.3, 0.4) is 0 Å². The molecular weight excluding hydrogens is 417 g/mol. The fourth-order valence-corrected chi connectivity index (χ4v) is 3.61. The number of hydrogen-bond donors (Lipinski definition) is 2. The maximum Gasteiger partial charge on any atom is 0.325 e. The first-order valence-electron chi connectivity index (χ1n) is 8.22. The third-order valence-corrected chi connectivity index (χ3v) is 5.11. The summed E-state index contributed by atoms with van der Waals surface area (Å²) in [6.07, 6.45) is 0. The van der Waals surface area contributed by atoms with Crippen LogP contribution < -0.4 is 10.6 Å². The van der Waals surface area contributed by atoms with Gasteiger partial charge in [0.25, 0.3) is 5.91 Å². The van der Waals surface area contributed by atoms with E-state index in [9.17, 15) is 18.8 Å². The molecule has 140 valence electrons. The molecule has 0 aliphatic carbocycles. The number of nitrogens with one attached hydrogen (secondary N) is 2. The summed E-state index contributed by atoms with van der Waals surface area (Å²) in [7, 11) is 0. The van der Waals surface area contributed by atoms with Crippen molar-refractivity contribution in [2.45, 2.75) is 19.0 Å². The van der Waals surface area contributed by atoms with Gasteiger partial charge in [0, 0.05) is 22.1 Å². The zero-order valence-electron chi connectivity index (χ0n) is 14.5. The van der Waals surface area contributed by atoms with Crippen molar-refractivity contribution in [3.8, 4) is 0 Å². The highest BCUT2D eigenvalue weighted by atomic mass is 79.9. The second-order valence-corrected chi connectivity index (χ2v) is 7.15. The van der Waals surface area contributed by atoms with Gasteiger partial charge in [-0.05, 0) is 19.1 Å². The SMILES string of the molecule is CC1(c2ccccc2Br)NC(=O)N(CC(=O)NCc2ccccc2F)C1=O. The molecule has 6 nitrogen and oxygen atoms in total. The Kier molecular flexibility index (Phi) is 5.27. The molecule has 1 aliphatic heterocycles. The zero-order valence-corrected chi connectivity index (χ0v) is 16.0. The fraction of sp³-hybridized carbons (Fsp3) is 0.211. The molecule has 0 radical (unpaired) electrons. The number of benzene rings is 2. The largest absolute Gasteiger partial charge is 0.350 e. The lowest BCUT2D eigenvalue weighted by molar-refractivity contribution is -0.134. The molecule has 3 rings (SSSR count). The second kappa shape index (κ2) is 7.48. The van der Waals surface area contributed by atoms with Crippen molar-refractivity contribution in [3.05, 3.63) is 69.9 Å². The van der Waals surface area contributed by atoms with Crippen LogP contribution in [0.4, 0.5) is 9.18 Å². The van der Waals surface area contributed by atoms with Crippen LogP contribution in [-0.4, -0.2) is 29.3 Å². The van der Waals surface area contributed by atoms with Gasteiger partial charge in [0.05, 0.1) is 0 Å². The highest BCUT2D eigenvalue weighted by Crippen LogP contribution is 2.33. The van der Waals surface area contributed by atoms with Gasteiger partial charge in [0.2, 0.25) is 5.91 Å². The minimum Gasteiger partial charge on any atom is -0.350 e. The highest BCUT2D eigenvalue weighted by molar-refractivity contribution is 9.10. The van der Waals surface area contributed by atoms with Crippen LogP contribution in [0.25, 0.3) is 0 Å². The molecule has 2 N–H and O–H groups in total. The maximum atomic E-state index is 13.6. The Morgan fingerprint density at radius 3 is 2.56 bits per heavy atom. The lowest BCUT2D eigenvalue weighted by atomic mass is 9.92. The molecule has 2 aromatic rings. The quantitative estimate of drug-likeness (QED) is 0.711. The van der Waals surface area contributed by atoms with Crippen LogP contribution >= 0.6 is 15.9 Å². The summed E-state index contributed by atoms with van der Waals surface area (Å²) in [5.41, 5.74) is -0.359. The number of nitrogens with zero attached hydrogens (tertiary/aromatic N) is 1. The van der Waals surface area contributed by atoms with Gasteiger partial charge < -0.3 is 10.6 Å². The molecule has 4 amide bonds. The van der Waals surface area contributed by atoms with E-state index in [2.05, 4.69) is 26.6 Å². The van der Waals surface area contributed by atoms with Crippen LogP contribution in [0, 0.1) is 5.82 Å². The molecule has 1 aliphatic rings. The minimum atomic E-state index is -1.27. The van der Waals surface area contributed by atoms with Crippen molar-refractivity contribution in [3.63, 3.8) is 0 Å². The summed E-state index contributed by atoms with van der Waals surface area (Å²) in [6.45, 7) is 1.11. The average molecular weight is 434 g/mol. The molecule has 0 bridgehead atoms. The van der Waals surface area contributed by atoms with E-state index in [0.29, 0.717) is 15.6 Å². The summed E-state index contributed by atoms with van der Waals surface area (Å²) in [5.74, 6) is -1.52. The van der Waals surface area contributed by atoms with Crippen molar-refractivity contribution >= 4 is 33.8 Å². The zero-order chi connectivity index (χ0) is 19.6. The summed E-state index contributed by atoms with van der Waals surface area (Å²) < 4.78 is 14.3. The molecule has 2 aromatic carbocycles. The van der Waals surface area contributed by atoms with E-state index < -0.39 is 35.7 Å². The Morgan fingerprint density at radius 2 is 1.85 bits per heavy atom. The van der Waals surface area contributed by atoms with Gasteiger partial charge in [0.1, 0.15) is 17.9 Å². The van der Waals surface area contributed by atoms with Crippen LogP contribution in [0.15, 0.2) is 53.0 Å². The van der Waals surface area contributed by atoms with E-state index in [4.69, 9.17) is 0 Å². The van der Waals surface area contributed by atoms with Gasteiger partial charge in [0.15, 0.2) is 0 Å². The molecular formula is C19H17BrFN3O3. The van der Waals surface area contributed by atoms with E-state index in [1.807, 2.05) is 0 Å². The van der Waals surface area contributed by atoms with E-state index in [-0.39, 0.29) is 6.54 Å². The average Bonchev–Trinajstić information content (AvgIpc) is 2.85. The van der Waals surface area contributed by atoms with Gasteiger partial charge >= 0.3 is 6.03 Å². The first-order chi connectivity index (χ1) is 12.8. The number of urea groups is 1. The molecule has 0 spiro atoms. The monoisotopic (exact) mass is 433 g/mol. The second-order valence-electron chi connectivity index (χ2n) is 6.29. The van der Waals surface area contributed by atoms with Crippen molar-refractivity contribution in [2.24, 2.45) is 0 Å². The van der Waals surface area contributed by atoms with Crippen molar-refractivity contribution in [1.82, 2.24) is 15.5 Å². The highest BCUT2D eigenvalue weighted by Gasteiger charge is 2.50. The third kappa shape index (κ3) is 3.71. The van der Waals surface area contributed by atoms with Gasteiger partial charge in [-0.1, -0.05) is 52.3 Å². The minimum absolute atomic E-state index is 0.0311. The van der Waals surface area contributed by atoms with Crippen LogP contribution in [-0.2, 0) is 21.7 Å². The Labute approximate surface area is 163 Å². The summed E-state index contributed by atoms with van der Waals surface area (Å²) in [5, 5.41) is 5.17. The van der Waals surface area contributed by atoms with Crippen LogP contribution in [0.2, 0.25) is 0 Å². The fourth-order valence-electron chi connectivity index (χ4n) is 2.92. The van der Waals surface area contributed by atoms with E-state index in [0.717, 1.165) is 4.90 Å². The molecule has 0 saturated carbocycles. The Morgan fingerprint density at radius 1 is 1.19 bits per heavy atom. The molecule has 1 atom stereocenters. The van der Waals surface area contributed by atoms with Gasteiger partial charge in [-0.15, -0.1) is 0 Å². The molecule has 0 aromatic heterocycles. The molecule has 1 heterocycles. The standard InChI is InChI=1S/C19H17BrFN3O3/c1-19(13-7-3-4-8-14(13)20)17(26)24(18(27)23-19)11-16(25)22-10-12-6-2-5-9-15(12)21/h2-9H,10-11H2,1H3,(H,22,25)(H,23,27). The van der Waals surface area contributed by atoms with Crippen LogP contribution in [0.5, 0.6) is 0 Å². The molecule has 1 unspecified atom stereocenters. The third-order valence-electron chi connectivity index (χ3n) is 4.42. The number of carbonyl (C=O) groups excluding carboxylic acids is 3. The van der Waals surface area contributed by atoms with Gasteiger partial charge in [-0.3, -0.25) is 14.5 Å². The number of amides is 4. The Balaban J connectivity index is 1.70. The topological polar surface area (TPSA) is 78.5 Å². The summed E-state index contributed by atoms with van der Waals surface area (Å²) >= 11 is 3.38. The Bertz CT molecular complexity index is 921. The first-order valence-corrected chi connectivity index (χ1v) is 9.01. The van der Waals surface area contributed by atoms with Crippen molar-refractivity contribution in [2.75, 3.05) is 6.54 Å². The van der Waals surface area contributed by atoms with E-state index in [1.165, 1.54) is 6.07 Å². The van der Waals surface area contributed by atoms with E-state index in [1.54, 1.807) is 49.4 Å². The smallest absolute Gasteiger partial charge is 0.325 e. The van der Waals surface area contributed by atoms with Crippen LogP contribution in [0.1, 0.15) is 18.1 Å². The first kappa shape index (κ1) is 19.0. The molecule has 27 heavy (non-hydrogen) atoms. The lowest BCUT2D eigenvalue weighted by Crippen LogP contribution is -2.43. The molecule has 1 fully saturated rings. The van der Waals surface area contributed by atoms with Crippen molar-refractivity contribution in [1.29, 1.82) is 0 Å². The molecule has 1 saturated heterocycles.